The molecule has 1 aromatic rings. The van der Waals surface area contributed by atoms with E-state index in [-0.39, 0.29) is 10.8 Å². The van der Waals surface area contributed by atoms with E-state index >= 15 is 0 Å². The van der Waals surface area contributed by atoms with Crippen molar-refractivity contribution in [2.75, 3.05) is 12.4 Å². The van der Waals surface area contributed by atoms with Crippen LogP contribution < -0.4 is 10.0 Å². The molecule has 0 radical (unpaired) electrons. The van der Waals surface area contributed by atoms with Crippen LogP contribution in [0.25, 0.3) is 0 Å². The summed E-state index contributed by atoms with van der Waals surface area (Å²) in [5.74, 6) is 2.14. The van der Waals surface area contributed by atoms with Crippen molar-refractivity contribution in [3.63, 3.8) is 0 Å². The van der Waals surface area contributed by atoms with Gasteiger partial charge in [-0.15, -0.1) is 0 Å². The SMILES string of the molecule is CNS(=O)(=O)c1ccc(NC(=O)C[C@H]2C[C@H]3CC[C@@H]2C3)cc1. The number of rotatable bonds is 5. The van der Waals surface area contributed by atoms with E-state index < -0.39 is 10.0 Å². The van der Waals surface area contributed by atoms with Crippen LogP contribution in [0.2, 0.25) is 0 Å². The zero-order valence-electron chi connectivity index (χ0n) is 12.7. The minimum absolute atomic E-state index is 0.0294. The second kappa shape index (κ2) is 6.01. The zero-order valence-corrected chi connectivity index (χ0v) is 13.5. The Morgan fingerprint density at radius 2 is 1.91 bits per heavy atom. The monoisotopic (exact) mass is 322 g/mol. The molecule has 2 bridgehead atoms. The maximum atomic E-state index is 12.1. The normalized spacial score (nSPS) is 27.0. The van der Waals surface area contributed by atoms with Gasteiger partial charge in [-0.25, -0.2) is 13.1 Å². The lowest BCUT2D eigenvalue weighted by Crippen LogP contribution is -2.20. The first-order valence-corrected chi connectivity index (χ1v) is 9.29. The highest BCUT2D eigenvalue weighted by Crippen LogP contribution is 2.49. The number of anilines is 1. The Morgan fingerprint density at radius 3 is 2.45 bits per heavy atom. The van der Waals surface area contributed by atoms with Crippen molar-refractivity contribution in [2.45, 2.75) is 37.0 Å². The average molecular weight is 322 g/mol. The summed E-state index contributed by atoms with van der Waals surface area (Å²) in [6.07, 6.45) is 5.69. The van der Waals surface area contributed by atoms with Gasteiger partial charge in [0.2, 0.25) is 15.9 Å². The summed E-state index contributed by atoms with van der Waals surface area (Å²) in [5, 5.41) is 2.87. The topological polar surface area (TPSA) is 75.3 Å². The highest BCUT2D eigenvalue weighted by Gasteiger charge is 2.40. The van der Waals surface area contributed by atoms with Crippen LogP contribution in [-0.2, 0) is 14.8 Å². The van der Waals surface area contributed by atoms with Gasteiger partial charge in [0, 0.05) is 12.1 Å². The molecule has 2 N–H and O–H groups in total. The number of amides is 1. The lowest BCUT2D eigenvalue weighted by Gasteiger charge is -2.20. The van der Waals surface area contributed by atoms with Gasteiger partial charge >= 0.3 is 0 Å². The number of sulfonamides is 1. The Balaban J connectivity index is 1.58. The molecule has 6 heteroatoms. The number of carbonyl (C=O) groups excluding carboxylic acids is 1. The van der Waals surface area contributed by atoms with Crippen molar-refractivity contribution in [2.24, 2.45) is 17.8 Å². The van der Waals surface area contributed by atoms with Crippen LogP contribution in [0.3, 0.4) is 0 Å². The molecule has 0 aliphatic heterocycles. The predicted molar refractivity (Wildman–Crippen MR) is 84.9 cm³/mol. The first-order valence-electron chi connectivity index (χ1n) is 7.81. The van der Waals surface area contributed by atoms with Gasteiger partial charge in [-0.2, -0.15) is 0 Å². The minimum atomic E-state index is -3.43. The fraction of sp³-hybridized carbons (Fsp3) is 0.562. The number of carbonyl (C=O) groups is 1. The molecule has 5 nitrogen and oxygen atoms in total. The van der Waals surface area contributed by atoms with Crippen molar-refractivity contribution >= 4 is 21.6 Å². The summed E-state index contributed by atoms with van der Waals surface area (Å²) in [6.45, 7) is 0. The quantitative estimate of drug-likeness (QED) is 0.874. The van der Waals surface area contributed by atoms with Gasteiger partial charge in [0.15, 0.2) is 0 Å². The van der Waals surface area contributed by atoms with Gasteiger partial charge in [0.25, 0.3) is 0 Å². The van der Waals surface area contributed by atoms with E-state index in [2.05, 4.69) is 10.0 Å². The van der Waals surface area contributed by atoms with E-state index in [1.807, 2.05) is 0 Å². The van der Waals surface area contributed by atoms with Gasteiger partial charge in [-0.1, -0.05) is 6.42 Å². The molecule has 22 heavy (non-hydrogen) atoms. The van der Waals surface area contributed by atoms with Crippen LogP contribution in [0.15, 0.2) is 29.2 Å². The van der Waals surface area contributed by atoms with Gasteiger partial charge in [-0.05, 0) is 68.3 Å². The molecule has 120 valence electrons. The molecule has 2 saturated carbocycles. The van der Waals surface area contributed by atoms with E-state index in [0.29, 0.717) is 18.0 Å². The second-order valence-corrected chi connectivity index (χ2v) is 8.31. The average Bonchev–Trinajstić information content (AvgIpc) is 3.10. The third kappa shape index (κ3) is 3.17. The fourth-order valence-electron chi connectivity index (χ4n) is 3.91. The summed E-state index contributed by atoms with van der Waals surface area (Å²) >= 11 is 0. The lowest BCUT2D eigenvalue weighted by molar-refractivity contribution is -0.117. The van der Waals surface area contributed by atoms with Gasteiger partial charge in [0.1, 0.15) is 0 Å². The standard InChI is InChI=1S/C16H22N2O3S/c1-17-22(20,21)15-6-4-14(5-7-15)18-16(19)10-13-9-11-2-3-12(13)8-11/h4-7,11-13,17H,2-3,8-10H2,1H3,(H,18,19)/t11-,12+,13+/m0/s1. The number of nitrogens with one attached hydrogen (secondary N) is 2. The first-order chi connectivity index (χ1) is 10.5. The molecule has 0 unspecified atom stereocenters. The Morgan fingerprint density at radius 1 is 1.18 bits per heavy atom. The number of hydrogen-bond acceptors (Lipinski definition) is 3. The molecular weight excluding hydrogens is 300 g/mol. The van der Waals surface area contributed by atoms with E-state index in [1.165, 1.54) is 44.9 Å². The zero-order chi connectivity index (χ0) is 15.7. The summed E-state index contributed by atoms with van der Waals surface area (Å²) in [4.78, 5) is 12.3. The Labute approximate surface area is 131 Å². The van der Waals surface area contributed by atoms with Crippen molar-refractivity contribution in [1.82, 2.24) is 4.72 Å². The largest absolute Gasteiger partial charge is 0.326 e. The van der Waals surface area contributed by atoms with Gasteiger partial charge in [-0.3, -0.25) is 4.79 Å². The van der Waals surface area contributed by atoms with Gasteiger partial charge in [0.05, 0.1) is 4.90 Å². The van der Waals surface area contributed by atoms with E-state index in [9.17, 15) is 13.2 Å². The highest BCUT2D eigenvalue weighted by atomic mass is 32.2. The van der Waals surface area contributed by atoms with Gasteiger partial charge < -0.3 is 5.32 Å². The molecule has 1 aromatic carbocycles. The number of fused-ring (bicyclic) bond motifs is 2. The molecule has 2 aliphatic carbocycles. The molecule has 0 heterocycles. The molecule has 3 rings (SSSR count). The van der Waals surface area contributed by atoms with Crippen LogP contribution in [0.4, 0.5) is 5.69 Å². The lowest BCUT2D eigenvalue weighted by atomic mass is 9.86. The van der Waals surface area contributed by atoms with E-state index in [1.54, 1.807) is 12.1 Å². The van der Waals surface area contributed by atoms with Crippen molar-refractivity contribution in [1.29, 1.82) is 0 Å². The minimum Gasteiger partial charge on any atom is -0.326 e. The van der Waals surface area contributed by atoms with Crippen LogP contribution in [0, 0.1) is 17.8 Å². The highest BCUT2D eigenvalue weighted by molar-refractivity contribution is 7.89. The van der Waals surface area contributed by atoms with Crippen molar-refractivity contribution in [3.8, 4) is 0 Å². The van der Waals surface area contributed by atoms with E-state index in [4.69, 9.17) is 0 Å². The van der Waals surface area contributed by atoms with Crippen LogP contribution in [0.1, 0.15) is 32.1 Å². The maximum absolute atomic E-state index is 12.1. The Hall–Kier alpha value is -1.40. The molecule has 0 aromatic heterocycles. The van der Waals surface area contributed by atoms with Crippen LogP contribution in [-0.4, -0.2) is 21.4 Å². The summed E-state index contributed by atoms with van der Waals surface area (Å²) < 4.78 is 25.5. The second-order valence-electron chi connectivity index (χ2n) is 6.42. The molecule has 3 atom stereocenters. The summed E-state index contributed by atoms with van der Waals surface area (Å²) in [5.41, 5.74) is 0.642. The van der Waals surface area contributed by atoms with Crippen LogP contribution >= 0.6 is 0 Å². The predicted octanol–water partition coefficient (Wildman–Crippen LogP) is 2.36. The third-order valence-corrected chi connectivity index (χ3v) is 6.48. The van der Waals surface area contributed by atoms with E-state index in [0.717, 1.165) is 11.8 Å². The number of benzene rings is 1. The third-order valence-electron chi connectivity index (χ3n) is 5.05. The summed E-state index contributed by atoms with van der Waals surface area (Å²) in [7, 11) is -2.06. The molecule has 0 spiro atoms. The molecule has 2 aliphatic rings. The molecule has 2 fully saturated rings. The molecule has 1 amide bonds. The Kier molecular flexibility index (Phi) is 4.23. The maximum Gasteiger partial charge on any atom is 0.240 e. The van der Waals surface area contributed by atoms with Crippen LogP contribution in [0.5, 0.6) is 0 Å². The molecule has 0 saturated heterocycles. The fourth-order valence-corrected chi connectivity index (χ4v) is 4.64. The Bertz CT molecular complexity index is 654. The first kappa shape index (κ1) is 15.5. The summed E-state index contributed by atoms with van der Waals surface area (Å²) in [6, 6.07) is 6.25. The van der Waals surface area contributed by atoms with Crippen molar-refractivity contribution < 1.29 is 13.2 Å². The smallest absolute Gasteiger partial charge is 0.240 e. The van der Waals surface area contributed by atoms with Crippen molar-refractivity contribution in [3.05, 3.63) is 24.3 Å². The number of hydrogen-bond donors (Lipinski definition) is 2. The molecular formula is C16H22N2O3S.